The molecule has 1 unspecified atom stereocenters. The number of benzene rings is 2. The van der Waals surface area contributed by atoms with Crippen LogP contribution in [-0.4, -0.2) is 37.4 Å². The van der Waals surface area contributed by atoms with Crippen molar-refractivity contribution in [3.05, 3.63) is 58.6 Å². The zero-order chi connectivity index (χ0) is 19.6. The van der Waals surface area contributed by atoms with Crippen molar-refractivity contribution in [2.45, 2.75) is 6.42 Å². The lowest BCUT2D eigenvalue weighted by atomic mass is 10.1. The lowest BCUT2D eigenvalue weighted by Crippen LogP contribution is -2.34. The Hall–Kier alpha value is -3.42. The van der Waals surface area contributed by atoms with E-state index in [1.165, 1.54) is 29.2 Å². The first kappa shape index (κ1) is 18.4. The number of non-ortho nitro benzene ring substituents is 1. The number of nitrogens with zero attached hydrogens (tertiary/aromatic N) is 3. The number of carbonyl (C=O) groups is 2. The zero-order valence-electron chi connectivity index (χ0n) is 15.0. The highest BCUT2D eigenvalue weighted by Crippen LogP contribution is 2.29. The van der Waals surface area contributed by atoms with E-state index < -0.39 is 10.8 Å². The van der Waals surface area contributed by atoms with Crippen molar-refractivity contribution in [3.63, 3.8) is 0 Å². The van der Waals surface area contributed by atoms with E-state index >= 15 is 0 Å². The molecule has 1 atom stereocenters. The molecule has 8 heteroatoms. The summed E-state index contributed by atoms with van der Waals surface area (Å²) in [5, 5.41) is 10.7. The molecule has 2 aromatic carbocycles. The average Bonchev–Trinajstić information content (AvgIpc) is 3.08. The summed E-state index contributed by atoms with van der Waals surface area (Å²) >= 11 is 0. The number of amides is 2. The largest absolute Gasteiger partial charge is 0.497 e. The van der Waals surface area contributed by atoms with E-state index in [1.807, 2.05) is 0 Å². The lowest BCUT2D eigenvalue weighted by molar-refractivity contribution is -0.384. The van der Waals surface area contributed by atoms with Crippen LogP contribution in [-0.2, 0) is 9.59 Å². The van der Waals surface area contributed by atoms with Crippen molar-refractivity contribution in [3.8, 4) is 5.75 Å². The fourth-order valence-corrected chi connectivity index (χ4v) is 3.08. The Kier molecular flexibility index (Phi) is 5.07. The van der Waals surface area contributed by atoms with Crippen LogP contribution in [0.4, 0.5) is 17.1 Å². The molecule has 0 spiro atoms. The lowest BCUT2D eigenvalue weighted by Gasteiger charge is -2.21. The number of nitro groups is 1. The summed E-state index contributed by atoms with van der Waals surface area (Å²) in [6.07, 6.45) is 0.127. The average molecular weight is 369 g/mol. The van der Waals surface area contributed by atoms with Crippen LogP contribution in [0, 0.1) is 16.0 Å². The van der Waals surface area contributed by atoms with Crippen molar-refractivity contribution in [2.24, 2.45) is 5.92 Å². The molecule has 2 aromatic rings. The van der Waals surface area contributed by atoms with Gasteiger partial charge in [0, 0.05) is 43.5 Å². The number of hydrogen-bond acceptors (Lipinski definition) is 5. The van der Waals surface area contributed by atoms with Gasteiger partial charge in [0.25, 0.3) is 5.69 Å². The molecule has 140 valence electrons. The Morgan fingerprint density at radius 2 is 1.81 bits per heavy atom. The molecule has 27 heavy (non-hydrogen) atoms. The molecule has 1 saturated heterocycles. The maximum atomic E-state index is 12.8. The van der Waals surface area contributed by atoms with Gasteiger partial charge in [-0.3, -0.25) is 19.7 Å². The molecular formula is C19H19N3O5. The number of anilines is 2. The smallest absolute Gasteiger partial charge is 0.269 e. The SMILES string of the molecule is COc1ccc(N2CC(C(=O)N(C)c3ccc([N+](=O)[O-])cc3)CC2=O)cc1. The van der Waals surface area contributed by atoms with Gasteiger partial charge < -0.3 is 14.5 Å². The first-order valence-corrected chi connectivity index (χ1v) is 8.37. The van der Waals surface area contributed by atoms with Gasteiger partial charge in [-0.2, -0.15) is 0 Å². The highest BCUT2D eigenvalue weighted by Gasteiger charge is 2.36. The van der Waals surface area contributed by atoms with Crippen LogP contribution < -0.4 is 14.5 Å². The maximum absolute atomic E-state index is 12.8. The Morgan fingerprint density at radius 1 is 1.19 bits per heavy atom. The molecule has 3 rings (SSSR count). The minimum atomic E-state index is -0.492. The van der Waals surface area contributed by atoms with Gasteiger partial charge in [-0.25, -0.2) is 0 Å². The minimum Gasteiger partial charge on any atom is -0.497 e. The van der Waals surface area contributed by atoms with Gasteiger partial charge in [0.05, 0.1) is 18.0 Å². The molecule has 1 heterocycles. The molecule has 2 amide bonds. The van der Waals surface area contributed by atoms with Crippen molar-refractivity contribution in [1.29, 1.82) is 0 Å². The Morgan fingerprint density at radius 3 is 2.37 bits per heavy atom. The predicted octanol–water partition coefficient (Wildman–Crippen LogP) is 2.62. The van der Waals surface area contributed by atoms with E-state index in [1.54, 1.807) is 43.3 Å². The van der Waals surface area contributed by atoms with E-state index in [-0.39, 0.29) is 23.9 Å². The normalized spacial score (nSPS) is 16.3. The molecular weight excluding hydrogens is 350 g/mol. The maximum Gasteiger partial charge on any atom is 0.269 e. The summed E-state index contributed by atoms with van der Waals surface area (Å²) in [5.41, 5.74) is 1.22. The molecule has 8 nitrogen and oxygen atoms in total. The molecule has 0 aromatic heterocycles. The number of methoxy groups -OCH3 is 1. The first-order valence-electron chi connectivity index (χ1n) is 8.37. The summed E-state index contributed by atoms with van der Waals surface area (Å²) in [6.45, 7) is 0.293. The highest BCUT2D eigenvalue weighted by molar-refractivity contribution is 6.04. The number of carbonyl (C=O) groups excluding carboxylic acids is 2. The van der Waals surface area contributed by atoms with Crippen molar-refractivity contribution >= 4 is 28.9 Å². The van der Waals surface area contributed by atoms with E-state index in [0.29, 0.717) is 23.7 Å². The van der Waals surface area contributed by atoms with E-state index in [0.717, 1.165) is 0 Å². The Labute approximate surface area is 156 Å². The summed E-state index contributed by atoms with van der Waals surface area (Å²) in [5.74, 6) is -0.0976. The Balaban J connectivity index is 1.71. The van der Waals surface area contributed by atoms with Crippen LogP contribution in [0.1, 0.15) is 6.42 Å². The quantitative estimate of drug-likeness (QED) is 0.597. The number of rotatable bonds is 5. The second kappa shape index (κ2) is 7.45. The van der Waals surface area contributed by atoms with Gasteiger partial charge in [0.2, 0.25) is 11.8 Å². The van der Waals surface area contributed by atoms with Crippen molar-refractivity contribution in [1.82, 2.24) is 0 Å². The molecule has 0 radical (unpaired) electrons. The van der Waals surface area contributed by atoms with Crippen molar-refractivity contribution in [2.75, 3.05) is 30.5 Å². The fourth-order valence-electron chi connectivity index (χ4n) is 3.08. The molecule has 0 saturated carbocycles. The highest BCUT2D eigenvalue weighted by atomic mass is 16.6. The summed E-state index contributed by atoms with van der Waals surface area (Å²) in [6, 6.07) is 12.8. The Bertz CT molecular complexity index is 864. The first-order chi connectivity index (χ1) is 12.9. The second-order valence-electron chi connectivity index (χ2n) is 6.27. The van der Waals surface area contributed by atoms with Crippen LogP contribution >= 0.6 is 0 Å². The summed E-state index contributed by atoms with van der Waals surface area (Å²) in [4.78, 5) is 38.4. The van der Waals surface area contributed by atoms with Gasteiger partial charge in [-0.05, 0) is 36.4 Å². The van der Waals surface area contributed by atoms with Crippen LogP contribution in [0.3, 0.4) is 0 Å². The summed E-state index contributed by atoms with van der Waals surface area (Å²) < 4.78 is 5.12. The third kappa shape index (κ3) is 3.74. The number of hydrogen-bond donors (Lipinski definition) is 0. The topological polar surface area (TPSA) is 93.0 Å². The molecule has 1 aliphatic heterocycles. The molecule has 0 bridgehead atoms. The molecule has 1 aliphatic rings. The monoisotopic (exact) mass is 369 g/mol. The molecule has 0 N–H and O–H groups in total. The number of nitro benzene ring substituents is 1. The zero-order valence-corrected chi connectivity index (χ0v) is 15.0. The minimum absolute atomic E-state index is 0.0404. The van der Waals surface area contributed by atoms with Gasteiger partial charge in [-0.15, -0.1) is 0 Å². The second-order valence-corrected chi connectivity index (χ2v) is 6.27. The van der Waals surface area contributed by atoms with E-state index in [4.69, 9.17) is 4.74 Å². The van der Waals surface area contributed by atoms with Gasteiger partial charge in [-0.1, -0.05) is 0 Å². The van der Waals surface area contributed by atoms with Gasteiger partial charge in [0.1, 0.15) is 5.75 Å². The fraction of sp³-hybridized carbons (Fsp3) is 0.263. The number of ether oxygens (including phenoxy) is 1. The predicted molar refractivity (Wildman–Crippen MR) is 100.0 cm³/mol. The third-order valence-corrected chi connectivity index (χ3v) is 4.64. The molecule has 1 fully saturated rings. The standard InChI is InChI=1S/C19H19N3O5/c1-20(14-3-5-16(6-4-14)22(25)26)19(24)13-11-18(23)21(12-13)15-7-9-17(27-2)10-8-15/h3-10,13H,11-12H2,1-2H3. The molecule has 0 aliphatic carbocycles. The third-order valence-electron chi connectivity index (χ3n) is 4.64. The van der Waals surface area contributed by atoms with Gasteiger partial charge >= 0.3 is 0 Å². The van der Waals surface area contributed by atoms with Crippen LogP contribution in [0.2, 0.25) is 0 Å². The van der Waals surface area contributed by atoms with Crippen molar-refractivity contribution < 1.29 is 19.2 Å². The van der Waals surface area contributed by atoms with Crippen LogP contribution in [0.5, 0.6) is 5.75 Å². The summed E-state index contributed by atoms with van der Waals surface area (Å²) in [7, 11) is 3.17. The van der Waals surface area contributed by atoms with E-state index in [2.05, 4.69) is 0 Å². The van der Waals surface area contributed by atoms with Crippen LogP contribution in [0.15, 0.2) is 48.5 Å². The van der Waals surface area contributed by atoms with Crippen LogP contribution in [0.25, 0.3) is 0 Å². The van der Waals surface area contributed by atoms with E-state index in [9.17, 15) is 19.7 Å². The van der Waals surface area contributed by atoms with Gasteiger partial charge in [0.15, 0.2) is 0 Å².